The summed E-state index contributed by atoms with van der Waals surface area (Å²) in [4.78, 5) is 11.9. The third-order valence-corrected chi connectivity index (χ3v) is 4.20. The zero-order chi connectivity index (χ0) is 19.1. The third kappa shape index (κ3) is 5.07. The van der Waals surface area contributed by atoms with Crippen molar-refractivity contribution >= 4 is 35.2 Å². The van der Waals surface area contributed by atoms with Crippen LogP contribution in [0.25, 0.3) is 6.08 Å². The van der Waals surface area contributed by atoms with E-state index in [4.69, 9.17) is 42.1 Å². The van der Waals surface area contributed by atoms with Crippen LogP contribution in [0.1, 0.15) is 11.1 Å². The summed E-state index contributed by atoms with van der Waals surface area (Å²) in [6.07, 6.45) is 2.91. The Labute approximate surface area is 162 Å². The highest BCUT2D eigenvalue weighted by Gasteiger charge is 2.13. The Kier molecular flexibility index (Phi) is 7.18. The lowest BCUT2D eigenvalue weighted by molar-refractivity contribution is -0.138. The zero-order valence-corrected chi connectivity index (χ0v) is 16.1. The van der Waals surface area contributed by atoms with E-state index in [1.165, 1.54) is 27.4 Å². The largest absolute Gasteiger partial charge is 0.493 e. The fraction of sp³-hybridized carbons (Fsp3) is 0.211. The Morgan fingerprint density at radius 3 is 2.15 bits per heavy atom. The van der Waals surface area contributed by atoms with Gasteiger partial charge in [-0.3, -0.25) is 0 Å². The van der Waals surface area contributed by atoms with Crippen molar-refractivity contribution < 1.29 is 23.7 Å². The van der Waals surface area contributed by atoms with Crippen LogP contribution in [-0.4, -0.2) is 27.3 Å². The van der Waals surface area contributed by atoms with Crippen molar-refractivity contribution in [3.63, 3.8) is 0 Å². The molecule has 7 heteroatoms. The van der Waals surface area contributed by atoms with Crippen molar-refractivity contribution in [1.82, 2.24) is 0 Å². The number of halogens is 2. The number of esters is 1. The van der Waals surface area contributed by atoms with E-state index in [0.717, 1.165) is 5.56 Å². The van der Waals surface area contributed by atoms with Crippen molar-refractivity contribution in [1.29, 1.82) is 0 Å². The molecule has 0 heterocycles. The van der Waals surface area contributed by atoms with Crippen LogP contribution in [-0.2, 0) is 16.1 Å². The predicted molar refractivity (Wildman–Crippen MR) is 101 cm³/mol. The van der Waals surface area contributed by atoms with E-state index in [0.29, 0.717) is 32.9 Å². The van der Waals surface area contributed by atoms with Crippen LogP contribution < -0.4 is 14.2 Å². The van der Waals surface area contributed by atoms with Gasteiger partial charge in [0.2, 0.25) is 5.75 Å². The van der Waals surface area contributed by atoms with Crippen LogP contribution in [0.3, 0.4) is 0 Å². The average molecular weight is 397 g/mol. The minimum Gasteiger partial charge on any atom is -0.493 e. The highest BCUT2D eigenvalue weighted by molar-refractivity contribution is 6.42. The summed E-state index contributed by atoms with van der Waals surface area (Å²) in [5, 5.41) is 0.869. The fourth-order valence-corrected chi connectivity index (χ4v) is 2.51. The molecule has 138 valence electrons. The minimum absolute atomic E-state index is 0.0568. The minimum atomic E-state index is -0.496. The SMILES string of the molecule is COc1cc(COC(=O)/C=C/c2ccc(Cl)c(Cl)c2)cc(OC)c1OC. The molecule has 2 aromatic carbocycles. The Morgan fingerprint density at radius 1 is 0.962 bits per heavy atom. The van der Waals surface area contributed by atoms with E-state index < -0.39 is 5.97 Å². The van der Waals surface area contributed by atoms with E-state index in [2.05, 4.69) is 0 Å². The first-order chi connectivity index (χ1) is 12.5. The molecule has 0 unspecified atom stereocenters. The lowest BCUT2D eigenvalue weighted by atomic mass is 10.2. The van der Waals surface area contributed by atoms with E-state index in [9.17, 15) is 4.79 Å². The topological polar surface area (TPSA) is 54.0 Å². The zero-order valence-electron chi connectivity index (χ0n) is 14.5. The monoisotopic (exact) mass is 396 g/mol. The van der Waals surface area contributed by atoms with E-state index in [-0.39, 0.29) is 6.61 Å². The number of benzene rings is 2. The van der Waals surface area contributed by atoms with Gasteiger partial charge in [-0.05, 0) is 41.5 Å². The summed E-state index contributed by atoms with van der Waals surface area (Å²) >= 11 is 11.8. The van der Waals surface area contributed by atoms with Crippen LogP contribution in [0.4, 0.5) is 0 Å². The van der Waals surface area contributed by atoms with Crippen molar-refractivity contribution in [2.75, 3.05) is 21.3 Å². The number of methoxy groups -OCH3 is 3. The van der Waals surface area contributed by atoms with Crippen molar-refractivity contribution in [2.45, 2.75) is 6.61 Å². The second-order valence-electron chi connectivity index (χ2n) is 5.15. The first-order valence-corrected chi connectivity index (χ1v) is 8.32. The van der Waals surface area contributed by atoms with Crippen LogP contribution in [0, 0.1) is 0 Å². The maximum absolute atomic E-state index is 11.9. The van der Waals surface area contributed by atoms with Crippen LogP contribution in [0.5, 0.6) is 17.2 Å². The summed E-state index contributed by atoms with van der Waals surface area (Å²) in [6.45, 7) is 0.0568. The molecule has 0 N–H and O–H groups in total. The molecule has 0 spiro atoms. The molecule has 0 radical (unpaired) electrons. The first-order valence-electron chi connectivity index (χ1n) is 7.57. The van der Waals surface area contributed by atoms with Gasteiger partial charge < -0.3 is 18.9 Å². The molecule has 2 rings (SSSR count). The Hall–Kier alpha value is -2.37. The molecule has 0 atom stereocenters. The molecule has 0 aliphatic heterocycles. The van der Waals surface area contributed by atoms with Crippen molar-refractivity contribution in [3.8, 4) is 17.2 Å². The van der Waals surface area contributed by atoms with Gasteiger partial charge in [0.1, 0.15) is 6.61 Å². The maximum Gasteiger partial charge on any atom is 0.331 e. The highest BCUT2D eigenvalue weighted by atomic mass is 35.5. The average Bonchev–Trinajstić information content (AvgIpc) is 2.66. The van der Waals surface area contributed by atoms with Gasteiger partial charge in [-0.1, -0.05) is 29.3 Å². The predicted octanol–water partition coefficient (Wildman–Crippen LogP) is 4.78. The standard InChI is InChI=1S/C19H18Cl2O5/c1-23-16-9-13(10-17(24-2)19(16)25-3)11-26-18(22)7-5-12-4-6-14(20)15(21)8-12/h4-10H,11H2,1-3H3/b7-5+. The second-order valence-corrected chi connectivity index (χ2v) is 5.96. The van der Waals surface area contributed by atoms with Gasteiger partial charge in [-0.15, -0.1) is 0 Å². The summed E-state index contributed by atoms with van der Waals surface area (Å²) in [5.74, 6) is 0.961. The Morgan fingerprint density at radius 2 is 1.62 bits per heavy atom. The molecular formula is C19H18Cl2O5. The number of ether oxygens (including phenoxy) is 4. The molecule has 0 saturated carbocycles. The quantitative estimate of drug-likeness (QED) is 0.497. The first kappa shape index (κ1) is 19.9. The lowest BCUT2D eigenvalue weighted by Gasteiger charge is -2.14. The van der Waals surface area contributed by atoms with Crippen LogP contribution in [0.15, 0.2) is 36.4 Å². The number of carbonyl (C=O) groups is 1. The molecule has 0 aliphatic rings. The van der Waals surface area contributed by atoms with Crippen molar-refractivity contribution in [3.05, 3.63) is 57.6 Å². The third-order valence-electron chi connectivity index (χ3n) is 3.46. The number of rotatable bonds is 7. The number of carbonyl (C=O) groups excluding carboxylic acids is 1. The molecule has 0 bridgehead atoms. The second kappa shape index (κ2) is 9.36. The van der Waals surface area contributed by atoms with Gasteiger partial charge in [0.25, 0.3) is 0 Å². The van der Waals surface area contributed by atoms with Crippen LogP contribution in [0.2, 0.25) is 10.0 Å². The van der Waals surface area contributed by atoms with E-state index in [1.54, 1.807) is 36.4 Å². The van der Waals surface area contributed by atoms with Gasteiger partial charge in [0.15, 0.2) is 11.5 Å². The molecule has 0 saturated heterocycles. The summed E-state index contributed by atoms with van der Waals surface area (Å²) < 4.78 is 21.0. The molecule has 2 aromatic rings. The fourth-order valence-electron chi connectivity index (χ4n) is 2.20. The summed E-state index contributed by atoms with van der Waals surface area (Å²) in [6, 6.07) is 8.50. The van der Waals surface area contributed by atoms with Gasteiger partial charge in [-0.2, -0.15) is 0 Å². The molecule has 0 fully saturated rings. The smallest absolute Gasteiger partial charge is 0.331 e. The molecule has 5 nitrogen and oxygen atoms in total. The summed E-state index contributed by atoms with van der Waals surface area (Å²) in [5.41, 5.74) is 1.44. The van der Waals surface area contributed by atoms with E-state index >= 15 is 0 Å². The highest BCUT2D eigenvalue weighted by Crippen LogP contribution is 2.38. The summed E-state index contributed by atoms with van der Waals surface area (Å²) in [7, 11) is 4.56. The molecule has 0 aromatic heterocycles. The van der Waals surface area contributed by atoms with Gasteiger partial charge >= 0.3 is 5.97 Å². The Bertz CT molecular complexity index is 793. The van der Waals surface area contributed by atoms with Crippen LogP contribution >= 0.6 is 23.2 Å². The van der Waals surface area contributed by atoms with Gasteiger partial charge in [-0.25, -0.2) is 4.79 Å². The van der Waals surface area contributed by atoms with E-state index in [1.807, 2.05) is 0 Å². The maximum atomic E-state index is 11.9. The van der Waals surface area contributed by atoms with Gasteiger partial charge in [0.05, 0.1) is 31.4 Å². The number of hydrogen-bond acceptors (Lipinski definition) is 5. The van der Waals surface area contributed by atoms with Crippen molar-refractivity contribution in [2.24, 2.45) is 0 Å². The molecule has 0 amide bonds. The number of hydrogen-bond donors (Lipinski definition) is 0. The Balaban J connectivity index is 2.04. The lowest BCUT2D eigenvalue weighted by Crippen LogP contribution is -2.02. The molecule has 26 heavy (non-hydrogen) atoms. The van der Waals surface area contributed by atoms with Gasteiger partial charge in [0, 0.05) is 6.08 Å². The normalized spacial score (nSPS) is 10.7. The molecular weight excluding hydrogens is 379 g/mol. The molecule has 0 aliphatic carbocycles.